The smallest absolute Gasteiger partial charge is 0.276 e. The number of nitrogens with two attached hydrogens (primary N) is 1. The summed E-state index contributed by atoms with van der Waals surface area (Å²) in [7, 11) is 1.28. The minimum atomic E-state index is -1.44. The number of oxime groups is 1. The number of β-lactam (4-membered cyclic amide) rings is 1. The van der Waals surface area contributed by atoms with Crippen molar-refractivity contribution in [1.29, 1.82) is 0 Å². The van der Waals surface area contributed by atoms with E-state index in [0.29, 0.717) is 18.5 Å². The lowest BCUT2D eigenvalue weighted by atomic mass is 9.85. The lowest BCUT2D eigenvalue weighted by molar-refractivity contribution is -0.592. The van der Waals surface area contributed by atoms with Crippen LogP contribution >= 0.6 is 11.3 Å². The highest BCUT2D eigenvalue weighted by atomic mass is 32.1. The topological polar surface area (TPSA) is 154 Å². The van der Waals surface area contributed by atoms with Gasteiger partial charge in [0.15, 0.2) is 22.7 Å². The summed E-state index contributed by atoms with van der Waals surface area (Å²) in [4.78, 5) is 47.8. The van der Waals surface area contributed by atoms with Gasteiger partial charge in [0.2, 0.25) is 5.70 Å². The maximum atomic E-state index is 13.0. The fourth-order valence-electron chi connectivity index (χ4n) is 4.14. The summed E-state index contributed by atoms with van der Waals surface area (Å²) in [5.41, 5.74) is 7.79. The molecule has 0 bridgehead atoms. The zero-order valence-electron chi connectivity index (χ0n) is 18.2. The summed E-state index contributed by atoms with van der Waals surface area (Å²) in [6.45, 7) is 3.75. The van der Waals surface area contributed by atoms with Crippen LogP contribution in [-0.4, -0.2) is 52.6 Å². The first-order chi connectivity index (χ1) is 15.7. The predicted molar refractivity (Wildman–Crippen MR) is 116 cm³/mol. The van der Waals surface area contributed by atoms with Gasteiger partial charge in [-0.3, -0.25) is 14.5 Å². The highest BCUT2D eigenvalue weighted by Crippen LogP contribution is 2.36. The van der Waals surface area contributed by atoms with Crippen molar-refractivity contribution in [2.75, 3.05) is 12.8 Å². The lowest BCUT2D eigenvalue weighted by Crippen LogP contribution is -2.73. The Morgan fingerprint density at radius 1 is 1.39 bits per heavy atom. The molecule has 12 heteroatoms. The standard InChI is InChI=1S/C21H22N6O5S/c1-10-4-5-11(2)26(8-10)14-7-6-13-16(19(29)27(13)17(14)20(30)31)24-18(28)15(25-32-3)12-9-33-21(22)23-12/h4-5,8-9,13,16H,6-7H2,1-3H3,(H3-,22,23,24,28,30,31)/b25-15-/t13-,16+/m1/s1. The van der Waals surface area contributed by atoms with Crippen molar-refractivity contribution in [2.45, 2.75) is 38.8 Å². The number of nitrogens with one attached hydrogen (secondary N) is 1. The Balaban J connectivity index is 1.61. The molecule has 2 aliphatic rings. The first-order valence-electron chi connectivity index (χ1n) is 10.1. The van der Waals surface area contributed by atoms with E-state index in [-0.39, 0.29) is 22.2 Å². The van der Waals surface area contributed by atoms with Crippen molar-refractivity contribution >= 4 is 45.7 Å². The molecular weight excluding hydrogens is 448 g/mol. The Morgan fingerprint density at radius 3 is 2.79 bits per heavy atom. The van der Waals surface area contributed by atoms with E-state index >= 15 is 0 Å². The Morgan fingerprint density at radius 2 is 2.15 bits per heavy atom. The van der Waals surface area contributed by atoms with Crippen molar-refractivity contribution < 1.29 is 28.9 Å². The molecule has 0 saturated carbocycles. The number of anilines is 1. The van der Waals surface area contributed by atoms with Crippen LogP contribution in [0.15, 0.2) is 34.6 Å². The summed E-state index contributed by atoms with van der Waals surface area (Å²) in [6, 6.07) is 2.37. The molecule has 2 aromatic rings. The van der Waals surface area contributed by atoms with Gasteiger partial charge < -0.3 is 25.8 Å². The summed E-state index contributed by atoms with van der Waals surface area (Å²) < 4.78 is 1.77. The van der Waals surface area contributed by atoms with Crippen LogP contribution in [0, 0.1) is 13.8 Å². The summed E-state index contributed by atoms with van der Waals surface area (Å²) >= 11 is 1.13. The SMILES string of the molecule is CO/N=C(\C(=O)N[C@@H]1C(=O)N2C(C(=O)[O-])=C([n+]3cc(C)ccc3C)CC[C@H]12)c1csc(N)n1. The molecule has 2 aliphatic heterocycles. The molecule has 2 aromatic heterocycles. The van der Waals surface area contributed by atoms with Gasteiger partial charge in [0.05, 0.1) is 12.0 Å². The summed E-state index contributed by atoms with van der Waals surface area (Å²) in [5.74, 6) is -2.65. The minimum absolute atomic E-state index is 0.130. The van der Waals surface area contributed by atoms with Gasteiger partial charge in [0, 0.05) is 30.4 Å². The van der Waals surface area contributed by atoms with E-state index in [1.807, 2.05) is 32.2 Å². The normalized spacial score (nSPS) is 20.3. The number of rotatable bonds is 6. The molecule has 33 heavy (non-hydrogen) atoms. The molecule has 0 radical (unpaired) electrons. The number of nitrogen functional groups attached to an aromatic ring is 1. The number of allylic oxidation sites excluding steroid dienone is 1. The van der Waals surface area contributed by atoms with Gasteiger partial charge in [-0.2, -0.15) is 4.57 Å². The van der Waals surface area contributed by atoms with E-state index in [9.17, 15) is 19.5 Å². The van der Waals surface area contributed by atoms with Gasteiger partial charge >= 0.3 is 0 Å². The number of carboxylic acids is 1. The molecule has 1 fully saturated rings. The van der Waals surface area contributed by atoms with Gasteiger partial charge in [-0.15, -0.1) is 11.3 Å². The van der Waals surface area contributed by atoms with E-state index < -0.39 is 29.9 Å². The number of amides is 2. The van der Waals surface area contributed by atoms with E-state index in [1.54, 1.807) is 9.95 Å². The number of carbonyl (C=O) groups is 3. The number of hydrogen-bond donors (Lipinski definition) is 2. The second kappa shape index (κ2) is 8.62. The second-order valence-corrected chi connectivity index (χ2v) is 8.65. The van der Waals surface area contributed by atoms with Gasteiger partial charge in [0.25, 0.3) is 11.8 Å². The van der Waals surface area contributed by atoms with E-state index in [1.165, 1.54) is 12.0 Å². The third kappa shape index (κ3) is 3.93. The number of carbonyl (C=O) groups excluding carboxylic acids is 3. The molecule has 172 valence electrons. The largest absolute Gasteiger partial charge is 0.543 e. The molecule has 2 amide bonds. The van der Waals surface area contributed by atoms with Crippen molar-refractivity contribution in [1.82, 2.24) is 15.2 Å². The van der Waals surface area contributed by atoms with Gasteiger partial charge in [-0.05, 0) is 19.4 Å². The number of fused-ring (bicyclic) bond motifs is 1. The fourth-order valence-corrected chi connectivity index (χ4v) is 4.69. The number of pyridine rings is 1. The summed E-state index contributed by atoms with van der Waals surface area (Å²) in [5, 5.41) is 20.2. The molecule has 0 aromatic carbocycles. The Kier molecular flexibility index (Phi) is 5.85. The molecule has 0 spiro atoms. The number of aliphatic carboxylic acids is 1. The summed E-state index contributed by atoms with van der Waals surface area (Å²) in [6.07, 6.45) is 2.68. The van der Waals surface area contributed by atoms with Gasteiger partial charge in [-0.1, -0.05) is 5.16 Å². The van der Waals surface area contributed by atoms with Crippen molar-refractivity contribution in [3.63, 3.8) is 0 Å². The monoisotopic (exact) mass is 470 g/mol. The van der Waals surface area contributed by atoms with Crippen LogP contribution in [0.4, 0.5) is 5.13 Å². The maximum Gasteiger partial charge on any atom is 0.276 e. The van der Waals surface area contributed by atoms with Crippen LogP contribution in [0.3, 0.4) is 0 Å². The van der Waals surface area contributed by atoms with Crippen LogP contribution < -0.4 is 20.7 Å². The molecule has 4 heterocycles. The third-order valence-electron chi connectivity index (χ3n) is 5.64. The Labute approximate surface area is 193 Å². The molecule has 2 atom stereocenters. The molecule has 0 aliphatic carbocycles. The Bertz CT molecular complexity index is 1220. The number of aromatic nitrogens is 2. The van der Waals surface area contributed by atoms with Crippen LogP contribution in [0.1, 0.15) is 29.8 Å². The van der Waals surface area contributed by atoms with Crippen molar-refractivity contribution in [3.05, 3.63) is 46.4 Å². The average Bonchev–Trinajstić information content (AvgIpc) is 3.21. The highest BCUT2D eigenvalue weighted by molar-refractivity contribution is 7.13. The minimum Gasteiger partial charge on any atom is -0.543 e. The van der Waals surface area contributed by atoms with Gasteiger partial charge in [0.1, 0.15) is 24.5 Å². The molecule has 4 rings (SSSR count). The molecule has 3 N–H and O–H groups in total. The first-order valence-corrected chi connectivity index (χ1v) is 11.0. The predicted octanol–water partition coefficient (Wildman–Crippen LogP) is -0.912. The molecular formula is C21H22N6O5S. The fraction of sp³-hybridized carbons (Fsp3) is 0.333. The van der Waals surface area contributed by atoms with Crippen LogP contribution in [-0.2, 0) is 19.2 Å². The highest BCUT2D eigenvalue weighted by Gasteiger charge is 2.54. The zero-order valence-corrected chi connectivity index (χ0v) is 19.0. The number of carboxylic acid groups (broad SMARTS) is 1. The van der Waals surface area contributed by atoms with E-state index in [2.05, 4.69) is 15.5 Å². The number of nitrogens with zero attached hydrogens (tertiary/aromatic N) is 4. The number of aryl methyl sites for hydroxylation is 2. The second-order valence-electron chi connectivity index (χ2n) is 7.76. The molecule has 0 unspecified atom stereocenters. The van der Waals surface area contributed by atoms with Gasteiger partial charge in [-0.25, -0.2) is 4.98 Å². The zero-order chi connectivity index (χ0) is 23.9. The average molecular weight is 471 g/mol. The van der Waals surface area contributed by atoms with E-state index in [0.717, 1.165) is 22.6 Å². The van der Waals surface area contributed by atoms with Crippen LogP contribution in [0.5, 0.6) is 0 Å². The maximum absolute atomic E-state index is 13.0. The first kappa shape index (κ1) is 22.4. The van der Waals surface area contributed by atoms with Crippen molar-refractivity contribution in [2.24, 2.45) is 5.16 Å². The quantitative estimate of drug-likeness (QED) is 0.240. The van der Waals surface area contributed by atoms with Crippen LogP contribution in [0.25, 0.3) is 5.70 Å². The Hall–Kier alpha value is -3.80. The number of hydrogen-bond acceptors (Lipinski definition) is 9. The van der Waals surface area contributed by atoms with Crippen LogP contribution in [0.2, 0.25) is 0 Å². The molecule has 1 saturated heterocycles. The van der Waals surface area contributed by atoms with E-state index in [4.69, 9.17) is 10.6 Å². The molecule has 11 nitrogen and oxygen atoms in total. The lowest BCUT2D eigenvalue weighted by Gasteiger charge is -2.50. The van der Waals surface area contributed by atoms with Crippen molar-refractivity contribution in [3.8, 4) is 0 Å². The third-order valence-corrected chi connectivity index (χ3v) is 6.32. The number of thiazole rings is 1.